The molecule has 0 spiro atoms. The topological polar surface area (TPSA) is 55.9 Å². The second-order valence-corrected chi connectivity index (χ2v) is 3.69. The van der Waals surface area contributed by atoms with Crippen LogP contribution < -0.4 is 11.1 Å². The maximum absolute atomic E-state index is 5.68. The van der Waals surface area contributed by atoms with Gasteiger partial charge in [0, 0.05) is 30.4 Å². The molecule has 0 saturated heterocycles. The normalized spacial score (nSPS) is 13.5. The minimum Gasteiger partial charge on any atom is -0.329 e. The lowest BCUT2D eigenvalue weighted by molar-refractivity contribution is 0.527. The van der Waals surface area contributed by atoms with E-state index in [1.165, 1.54) is 5.56 Å². The van der Waals surface area contributed by atoms with Gasteiger partial charge in [0.15, 0.2) is 0 Å². The molecule has 1 unspecified atom stereocenters. The number of rotatable bonds is 5. The zero-order chi connectivity index (χ0) is 10.6. The van der Waals surface area contributed by atoms with E-state index in [1.54, 1.807) is 0 Å². The quantitative estimate of drug-likeness (QED) is 0.740. The molecule has 1 atom stereocenters. The lowest BCUT2D eigenvalue weighted by Crippen LogP contribution is -2.27. The van der Waals surface area contributed by atoms with Crippen LogP contribution in [0.15, 0.2) is 12.4 Å². The van der Waals surface area contributed by atoms with Crippen LogP contribution in [0.2, 0.25) is 0 Å². The molecule has 1 heterocycles. The number of nitrogens with one attached hydrogen (secondary N) is 1. The van der Waals surface area contributed by atoms with E-state index >= 15 is 0 Å². The van der Waals surface area contributed by atoms with Gasteiger partial charge in [-0.05, 0) is 20.4 Å². The number of nitrogens with zero attached hydrogens (tertiary/aromatic N) is 2. The van der Waals surface area contributed by atoms with Crippen LogP contribution in [0, 0.1) is 0 Å². The van der Waals surface area contributed by atoms with Crippen LogP contribution in [0.1, 0.15) is 38.4 Å². The maximum atomic E-state index is 5.68. The molecule has 14 heavy (non-hydrogen) atoms. The Bertz CT molecular complexity index is 267. The molecule has 1 rings (SSSR count). The van der Waals surface area contributed by atoms with E-state index < -0.39 is 0 Å². The first-order chi connectivity index (χ1) is 6.69. The number of likely N-dealkylation sites (N-methyl/N-ethyl adjacent to an activating group) is 1. The molecule has 80 valence electrons. The Hall–Kier alpha value is -0.870. The summed E-state index contributed by atoms with van der Waals surface area (Å²) in [5.41, 5.74) is 6.85. The zero-order valence-electron chi connectivity index (χ0n) is 9.20. The monoisotopic (exact) mass is 196 g/mol. The molecule has 0 aromatic carbocycles. The number of hydrogen-bond donors (Lipinski definition) is 2. The van der Waals surface area contributed by atoms with Gasteiger partial charge in [-0.2, -0.15) is 5.10 Å². The minimum atomic E-state index is 0.229. The molecule has 0 radical (unpaired) electrons. The minimum absolute atomic E-state index is 0.229. The lowest BCUT2D eigenvalue weighted by atomic mass is 10.1. The summed E-state index contributed by atoms with van der Waals surface area (Å²) in [5.74, 6) is 0. The molecule has 4 heteroatoms. The molecule has 0 fully saturated rings. The van der Waals surface area contributed by atoms with Crippen molar-refractivity contribution in [3.63, 3.8) is 0 Å². The van der Waals surface area contributed by atoms with Gasteiger partial charge in [-0.1, -0.05) is 6.92 Å². The Morgan fingerprint density at radius 2 is 2.29 bits per heavy atom. The predicted molar refractivity (Wildman–Crippen MR) is 58.1 cm³/mol. The Morgan fingerprint density at radius 1 is 1.57 bits per heavy atom. The summed E-state index contributed by atoms with van der Waals surface area (Å²) in [6, 6.07) is 0.635. The molecule has 0 saturated carbocycles. The molecule has 0 aliphatic rings. The van der Waals surface area contributed by atoms with E-state index in [1.807, 2.05) is 10.9 Å². The Balaban J connectivity index is 2.73. The van der Waals surface area contributed by atoms with Crippen molar-refractivity contribution in [2.75, 3.05) is 13.1 Å². The molecule has 0 bridgehead atoms. The van der Waals surface area contributed by atoms with Crippen molar-refractivity contribution in [2.45, 2.75) is 32.9 Å². The van der Waals surface area contributed by atoms with E-state index in [0.717, 1.165) is 6.54 Å². The third-order valence-corrected chi connectivity index (χ3v) is 2.24. The highest BCUT2D eigenvalue weighted by Gasteiger charge is 2.10. The molecular formula is C10H20N4. The zero-order valence-corrected chi connectivity index (χ0v) is 9.20. The second-order valence-electron chi connectivity index (χ2n) is 3.69. The van der Waals surface area contributed by atoms with Gasteiger partial charge in [0.25, 0.3) is 0 Å². The smallest absolute Gasteiger partial charge is 0.0538 e. The van der Waals surface area contributed by atoms with Crippen LogP contribution >= 0.6 is 0 Å². The summed E-state index contributed by atoms with van der Waals surface area (Å²) in [4.78, 5) is 0. The average Bonchev–Trinajstić information content (AvgIpc) is 2.63. The Kier molecular flexibility index (Phi) is 4.10. The van der Waals surface area contributed by atoms with Gasteiger partial charge in [-0.25, -0.2) is 0 Å². The second kappa shape index (κ2) is 5.12. The van der Waals surface area contributed by atoms with E-state index in [0.29, 0.717) is 12.6 Å². The summed E-state index contributed by atoms with van der Waals surface area (Å²) >= 11 is 0. The summed E-state index contributed by atoms with van der Waals surface area (Å²) in [6.07, 6.45) is 3.95. The van der Waals surface area contributed by atoms with Gasteiger partial charge >= 0.3 is 0 Å². The van der Waals surface area contributed by atoms with Crippen LogP contribution in [0.3, 0.4) is 0 Å². The maximum Gasteiger partial charge on any atom is 0.0538 e. The van der Waals surface area contributed by atoms with Crippen molar-refractivity contribution in [3.05, 3.63) is 18.0 Å². The molecule has 4 nitrogen and oxygen atoms in total. The fourth-order valence-electron chi connectivity index (χ4n) is 1.40. The van der Waals surface area contributed by atoms with Crippen molar-refractivity contribution in [2.24, 2.45) is 5.73 Å². The summed E-state index contributed by atoms with van der Waals surface area (Å²) in [6.45, 7) is 7.84. The highest BCUT2D eigenvalue weighted by atomic mass is 15.3. The number of hydrogen-bond acceptors (Lipinski definition) is 3. The van der Waals surface area contributed by atoms with E-state index in [-0.39, 0.29) is 6.04 Å². The third-order valence-electron chi connectivity index (χ3n) is 2.24. The summed E-state index contributed by atoms with van der Waals surface area (Å²) in [7, 11) is 0. The fraction of sp³-hybridized carbons (Fsp3) is 0.700. The highest BCUT2D eigenvalue weighted by molar-refractivity contribution is 5.11. The fourth-order valence-corrected chi connectivity index (χ4v) is 1.40. The molecule has 0 aliphatic carbocycles. The molecule has 0 aliphatic heterocycles. The van der Waals surface area contributed by atoms with Gasteiger partial charge in [-0.3, -0.25) is 4.68 Å². The first-order valence-corrected chi connectivity index (χ1v) is 5.16. The third kappa shape index (κ3) is 2.56. The van der Waals surface area contributed by atoms with Crippen LogP contribution in [-0.2, 0) is 0 Å². The van der Waals surface area contributed by atoms with Crippen molar-refractivity contribution >= 4 is 0 Å². The van der Waals surface area contributed by atoms with Crippen LogP contribution in [0.4, 0.5) is 0 Å². The van der Waals surface area contributed by atoms with Crippen molar-refractivity contribution in [3.8, 4) is 0 Å². The van der Waals surface area contributed by atoms with Gasteiger partial charge < -0.3 is 11.1 Å². The van der Waals surface area contributed by atoms with Gasteiger partial charge in [0.2, 0.25) is 0 Å². The summed E-state index contributed by atoms with van der Waals surface area (Å²) in [5, 5.41) is 7.61. The Morgan fingerprint density at radius 3 is 2.71 bits per heavy atom. The van der Waals surface area contributed by atoms with Gasteiger partial charge in [-0.15, -0.1) is 0 Å². The largest absolute Gasteiger partial charge is 0.329 e. The Labute approximate surface area is 85.5 Å². The van der Waals surface area contributed by atoms with E-state index in [2.05, 4.69) is 37.4 Å². The molecular weight excluding hydrogens is 176 g/mol. The van der Waals surface area contributed by atoms with Crippen LogP contribution in [-0.4, -0.2) is 22.9 Å². The molecule has 3 N–H and O–H groups in total. The van der Waals surface area contributed by atoms with Crippen LogP contribution in [0.25, 0.3) is 0 Å². The molecule has 0 amide bonds. The summed E-state index contributed by atoms with van der Waals surface area (Å²) < 4.78 is 1.95. The van der Waals surface area contributed by atoms with E-state index in [4.69, 9.17) is 5.73 Å². The molecule has 1 aromatic rings. The standard InChI is InChI=1S/C10H20N4/c1-4-12-10(5-11)9-6-13-14(7-9)8(2)3/h6-8,10,12H,4-5,11H2,1-3H3. The first-order valence-electron chi connectivity index (χ1n) is 5.16. The lowest BCUT2D eigenvalue weighted by Gasteiger charge is -2.13. The highest BCUT2D eigenvalue weighted by Crippen LogP contribution is 2.12. The van der Waals surface area contributed by atoms with Gasteiger partial charge in [0.1, 0.15) is 0 Å². The molecule has 1 aromatic heterocycles. The SMILES string of the molecule is CCNC(CN)c1cnn(C(C)C)c1. The first kappa shape index (κ1) is 11.2. The van der Waals surface area contributed by atoms with Crippen LogP contribution in [0.5, 0.6) is 0 Å². The van der Waals surface area contributed by atoms with Crippen molar-refractivity contribution in [1.29, 1.82) is 0 Å². The average molecular weight is 196 g/mol. The van der Waals surface area contributed by atoms with Crippen molar-refractivity contribution in [1.82, 2.24) is 15.1 Å². The van der Waals surface area contributed by atoms with E-state index in [9.17, 15) is 0 Å². The predicted octanol–water partition coefficient (Wildman–Crippen LogP) is 1.07. The number of nitrogens with two attached hydrogens (primary N) is 1. The van der Waals surface area contributed by atoms with Gasteiger partial charge in [0.05, 0.1) is 6.20 Å². The van der Waals surface area contributed by atoms with Crippen molar-refractivity contribution < 1.29 is 0 Å². The number of aromatic nitrogens is 2.